The van der Waals surface area contributed by atoms with E-state index in [0.29, 0.717) is 13.0 Å². The van der Waals surface area contributed by atoms with Crippen molar-refractivity contribution in [3.8, 4) is 11.5 Å². The van der Waals surface area contributed by atoms with Crippen LogP contribution in [0.3, 0.4) is 0 Å². The molecule has 2 aromatic rings. The summed E-state index contributed by atoms with van der Waals surface area (Å²) >= 11 is 0. The van der Waals surface area contributed by atoms with Gasteiger partial charge >= 0.3 is 0 Å². The first-order valence-corrected chi connectivity index (χ1v) is 9.21. The second-order valence-corrected chi connectivity index (χ2v) is 6.52. The summed E-state index contributed by atoms with van der Waals surface area (Å²) in [7, 11) is 0. The van der Waals surface area contributed by atoms with E-state index in [9.17, 15) is 4.79 Å². The minimum absolute atomic E-state index is 0.102. The van der Waals surface area contributed by atoms with Gasteiger partial charge in [-0.05, 0) is 69.0 Å². The van der Waals surface area contributed by atoms with Crippen molar-refractivity contribution in [3.63, 3.8) is 0 Å². The third-order valence-electron chi connectivity index (χ3n) is 4.33. The molecule has 2 rings (SSSR count). The lowest BCUT2D eigenvalue weighted by molar-refractivity contribution is -0.128. The molecule has 0 aliphatic carbocycles. The van der Waals surface area contributed by atoms with E-state index < -0.39 is 6.10 Å². The summed E-state index contributed by atoms with van der Waals surface area (Å²) in [6.07, 6.45) is 0.0931. The molecule has 0 aliphatic heterocycles. The second kappa shape index (κ2) is 9.27. The average Bonchev–Trinajstić information content (AvgIpc) is 2.63. The molecule has 2 aromatic carbocycles. The predicted molar refractivity (Wildman–Crippen MR) is 105 cm³/mol. The quantitative estimate of drug-likeness (QED) is 0.744. The highest BCUT2D eigenvalue weighted by Crippen LogP contribution is 2.22. The Labute approximate surface area is 156 Å². The van der Waals surface area contributed by atoms with E-state index in [1.54, 1.807) is 0 Å². The van der Waals surface area contributed by atoms with Gasteiger partial charge in [-0.3, -0.25) is 4.79 Å². The molecule has 140 valence electrons. The van der Waals surface area contributed by atoms with Crippen molar-refractivity contribution in [1.82, 2.24) is 5.32 Å². The zero-order valence-electron chi connectivity index (χ0n) is 16.3. The van der Waals surface area contributed by atoms with Gasteiger partial charge in [0.15, 0.2) is 6.10 Å². The highest BCUT2D eigenvalue weighted by molar-refractivity contribution is 5.81. The lowest BCUT2D eigenvalue weighted by Crippen LogP contribution is -2.39. The van der Waals surface area contributed by atoms with Crippen molar-refractivity contribution in [2.45, 2.75) is 53.2 Å². The van der Waals surface area contributed by atoms with Crippen LogP contribution in [0.4, 0.5) is 0 Å². The molecule has 0 bridgehead atoms. The van der Waals surface area contributed by atoms with Crippen LogP contribution in [0.25, 0.3) is 0 Å². The smallest absolute Gasteiger partial charge is 0.261 e. The highest BCUT2D eigenvalue weighted by Gasteiger charge is 2.21. The molecule has 0 spiro atoms. The van der Waals surface area contributed by atoms with E-state index in [0.717, 1.165) is 28.2 Å². The minimum atomic E-state index is -0.513. The van der Waals surface area contributed by atoms with E-state index in [1.807, 2.05) is 77.1 Å². The van der Waals surface area contributed by atoms with Gasteiger partial charge in [0.05, 0.1) is 12.6 Å². The molecular weight excluding hydrogens is 326 g/mol. The third-order valence-corrected chi connectivity index (χ3v) is 4.33. The lowest BCUT2D eigenvalue weighted by atomic mass is 10.1. The number of carbonyl (C=O) groups is 1. The predicted octanol–water partition coefficient (Wildman–Crippen LogP) is 4.74. The summed E-state index contributed by atoms with van der Waals surface area (Å²) in [5.41, 5.74) is 3.17. The molecule has 4 heteroatoms. The fourth-order valence-electron chi connectivity index (χ4n) is 2.72. The average molecular weight is 355 g/mol. The molecule has 0 aromatic heterocycles. The van der Waals surface area contributed by atoms with Crippen LogP contribution >= 0.6 is 0 Å². The fraction of sp³-hybridized carbons (Fsp3) is 0.409. The van der Waals surface area contributed by atoms with E-state index in [4.69, 9.17) is 9.47 Å². The van der Waals surface area contributed by atoms with Gasteiger partial charge in [0.2, 0.25) is 0 Å². The Bertz CT molecular complexity index is 725. The molecule has 0 saturated heterocycles. The van der Waals surface area contributed by atoms with Gasteiger partial charge in [0.25, 0.3) is 5.91 Å². The zero-order valence-corrected chi connectivity index (χ0v) is 16.3. The molecular formula is C22H29NO3. The Morgan fingerprint density at radius 1 is 1.08 bits per heavy atom. The summed E-state index contributed by atoms with van der Waals surface area (Å²) in [6, 6.07) is 13.7. The van der Waals surface area contributed by atoms with Gasteiger partial charge in [0.1, 0.15) is 11.5 Å². The third kappa shape index (κ3) is 5.25. The number of ether oxygens (including phenoxy) is 2. The molecule has 0 fully saturated rings. The van der Waals surface area contributed by atoms with Crippen LogP contribution in [0.1, 0.15) is 49.9 Å². The summed E-state index contributed by atoms with van der Waals surface area (Å²) in [5.74, 6) is 1.50. The van der Waals surface area contributed by atoms with Gasteiger partial charge in [0, 0.05) is 0 Å². The number of rotatable bonds is 8. The molecule has 0 radical (unpaired) electrons. The van der Waals surface area contributed by atoms with Gasteiger partial charge in [-0.2, -0.15) is 0 Å². The van der Waals surface area contributed by atoms with Gasteiger partial charge < -0.3 is 14.8 Å². The van der Waals surface area contributed by atoms with Crippen LogP contribution < -0.4 is 14.8 Å². The van der Waals surface area contributed by atoms with Crippen LogP contribution in [0.2, 0.25) is 0 Å². The zero-order chi connectivity index (χ0) is 19.1. The first kappa shape index (κ1) is 19.8. The number of amides is 1. The molecule has 0 aliphatic rings. The van der Waals surface area contributed by atoms with Gasteiger partial charge in [-0.1, -0.05) is 31.2 Å². The Hall–Kier alpha value is -2.49. The highest BCUT2D eigenvalue weighted by atomic mass is 16.5. The van der Waals surface area contributed by atoms with Crippen LogP contribution in [-0.4, -0.2) is 18.6 Å². The van der Waals surface area contributed by atoms with E-state index >= 15 is 0 Å². The number of hydrogen-bond donors (Lipinski definition) is 1. The number of hydrogen-bond acceptors (Lipinski definition) is 3. The summed E-state index contributed by atoms with van der Waals surface area (Å²) in [4.78, 5) is 12.7. The minimum Gasteiger partial charge on any atom is -0.494 e. The first-order valence-electron chi connectivity index (χ1n) is 9.21. The van der Waals surface area contributed by atoms with Crippen molar-refractivity contribution in [2.24, 2.45) is 0 Å². The summed E-state index contributed by atoms with van der Waals surface area (Å²) < 4.78 is 11.4. The Balaban J connectivity index is 2.02. The largest absolute Gasteiger partial charge is 0.494 e. The first-order chi connectivity index (χ1) is 12.4. The Morgan fingerprint density at radius 3 is 2.38 bits per heavy atom. The topological polar surface area (TPSA) is 47.6 Å². The molecule has 1 N–H and O–H groups in total. The molecule has 4 nitrogen and oxygen atoms in total. The van der Waals surface area contributed by atoms with E-state index in [1.165, 1.54) is 0 Å². The lowest BCUT2D eigenvalue weighted by Gasteiger charge is -2.22. The Morgan fingerprint density at radius 2 is 1.77 bits per heavy atom. The standard InChI is InChI=1S/C22H29NO3/c1-6-20(26-21-14-15(3)8-9-16(21)4)22(24)23-17(5)18-10-12-19(13-11-18)25-7-2/h8-14,17,20H,6-7H2,1-5H3,(H,23,24)/t17-,20-/m0/s1. The second-order valence-electron chi connectivity index (χ2n) is 6.52. The van der Waals surface area contributed by atoms with Crippen molar-refractivity contribution in [3.05, 3.63) is 59.2 Å². The number of carbonyl (C=O) groups excluding carboxylic acids is 1. The SMILES string of the molecule is CCOc1ccc([C@H](C)NC(=O)[C@H](CC)Oc2cc(C)ccc2C)cc1. The van der Waals surface area contributed by atoms with Crippen LogP contribution in [0, 0.1) is 13.8 Å². The van der Waals surface area contributed by atoms with Crippen LogP contribution in [0.15, 0.2) is 42.5 Å². The van der Waals surface area contributed by atoms with Gasteiger partial charge in [-0.25, -0.2) is 0 Å². The van der Waals surface area contributed by atoms with Gasteiger partial charge in [-0.15, -0.1) is 0 Å². The molecule has 1 amide bonds. The maximum atomic E-state index is 12.7. The van der Waals surface area contributed by atoms with E-state index in [-0.39, 0.29) is 11.9 Å². The van der Waals surface area contributed by atoms with Crippen molar-refractivity contribution in [2.75, 3.05) is 6.61 Å². The monoisotopic (exact) mass is 355 g/mol. The summed E-state index contributed by atoms with van der Waals surface area (Å²) in [6.45, 7) is 10.5. The number of benzene rings is 2. The number of aryl methyl sites for hydroxylation is 2. The normalized spacial score (nSPS) is 13.0. The van der Waals surface area contributed by atoms with Crippen molar-refractivity contribution < 1.29 is 14.3 Å². The molecule has 0 unspecified atom stereocenters. The molecule has 0 saturated carbocycles. The molecule has 26 heavy (non-hydrogen) atoms. The maximum Gasteiger partial charge on any atom is 0.261 e. The Kier molecular flexibility index (Phi) is 7.07. The summed E-state index contributed by atoms with van der Waals surface area (Å²) in [5, 5.41) is 3.05. The van der Waals surface area contributed by atoms with Crippen LogP contribution in [0.5, 0.6) is 11.5 Å². The van der Waals surface area contributed by atoms with Crippen molar-refractivity contribution >= 4 is 5.91 Å². The molecule has 2 atom stereocenters. The number of nitrogens with one attached hydrogen (secondary N) is 1. The van der Waals surface area contributed by atoms with E-state index in [2.05, 4.69) is 5.32 Å². The fourth-order valence-corrected chi connectivity index (χ4v) is 2.72. The van der Waals surface area contributed by atoms with Crippen molar-refractivity contribution in [1.29, 1.82) is 0 Å². The maximum absolute atomic E-state index is 12.7. The van der Waals surface area contributed by atoms with Crippen LogP contribution in [-0.2, 0) is 4.79 Å². The molecule has 0 heterocycles.